The number of nitrogens with zero attached hydrogens (tertiary/aromatic N) is 2. The van der Waals surface area contributed by atoms with E-state index in [1.54, 1.807) is 48.5 Å². The number of ether oxygens (including phenoxy) is 1. The van der Waals surface area contributed by atoms with Crippen LogP contribution in [0.5, 0.6) is 11.5 Å². The molecule has 6 atom stereocenters. The highest BCUT2D eigenvalue weighted by atomic mass is 127. The van der Waals surface area contributed by atoms with E-state index in [1.807, 2.05) is 30.4 Å². The quantitative estimate of drug-likeness (QED) is 0.112. The smallest absolute Gasteiger partial charge is 0.260 e. The van der Waals surface area contributed by atoms with Gasteiger partial charge < -0.3 is 9.84 Å². The number of phenolic OH excluding ortho intramolecular Hbond substituents is 1. The highest BCUT2D eigenvalue weighted by molar-refractivity contribution is 14.1. The molecule has 0 radical (unpaired) electrons. The van der Waals surface area contributed by atoms with Gasteiger partial charge in [0.2, 0.25) is 11.8 Å². The fourth-order valence-corrected chi connectivity index (χ4v) is 9.24. The third kappa shape index (κ3) is 5.63. The van der Waals surface area contributed by atoms with Crippen LogP contribution < -0.4 is 15.1 Å². The number of rotatable bonds is 7. The first kappa shape index (κ1) is 35.0. The Labute approximate surface area is 323 Å². The second kappa shape index (κ2) is 13.4. The second-order valence-corrected chi connectivity index (χ2v) is 15.4. The molecule has 0 bridgehead atoms. The fourth-order valence-electron chi connectivity index (χ4n) is 8.75. The Kier molecular flexibility index (Phi) is 8.89. The number of carbonyl (C=O) groups excluding carboxylic acids is 4. The van der Waals surface area contributed by atoms with Crippen molar-refractivity contribution in [1.29, 1.82) is 0 Å². The molecule has 12 heteroatoms. The average Bonchev–Trinajstić information content (AvgIpc) is 3.54. The van der Waals surface area contributed by atoms with Crippen molar-refractivity contribution < 1.29 is 33.4 Å². The first-order chi connectivity index (χ1) is 25.5. The number of allylic oxidation sites excluding steroid dienone is 3. The number of imide groups is 2. The van der Waals surface area contributed by atoms with Gasteiger partial charge in [-0.3, -0.25) is 29.5 Å². The number of halogens is 3. The SMILES string of the molecule is COc1cc(C=CC2C3=CCC4C(=O)N(c5ccc(I)cc5)C(=O)C4C3CC3C(=O)N(Nc4ccc(F)cc4)C(=O)C23c2ccc(Cl)cc2)ccc1O. The van der Waals surface area contributed by atoms with Gasteiger partial charge >= 0.3 is 0 Å². The highest BCUT2D eigenvalue weighted by Crippen LogP contribution is 2.61. The molecule has 4 aromatic rings. The molecule has 53 heavy (non-hydrogen) atoms. The van der Waals surface area contributed by atoms with E-state index in [-0.39, 0.29) is 36.2 Å². The number of hydrogen-bond acceptors (Lipinski definition) is 7. The summed E-state index contributed by atoms with van der Waals surface area (Å²) in [6, 6.07) is 24.3. The van der Waals surface area contributed by atoms with Gasteiger partial charge in [0.15, 0.2) is 11.5 Å². The van der Waals surface area contributed by atoms with Crippen LogP contribution in [0.1, 0.15) is 24.0 Å². The molecule has 2 N–H and O–H groups in total. The summed E-state index contributed by atoms with van der Waals surface area (Å²) in [4.78, 5) is 59.6. The summed E-state index contributed by atoms with van der Waals surface area (Å²) in [5.41, 5.74) is 4.28. The number of nitrogens with one attached hydrogen (secondary N) is 1. The Morgan fingerprint density at radius 1 is 0.925 bits per heavy atom. The van der Waals surface area contributed by atoms with Crippen LogP contribution in [-0.4, -0.2) is 40.9 Å². The Morgan fingerprint density at radius 2 is 1.64 bits per heavy atom. The van der Waals surface area contributed by atoms with E-state index in [4.69, 9.17) is 16.3 Å². The van der Waals surface area contributed by atoms with Crippen LogP contribution >= 0.6 is 34.2 Å². The van der Waals surface area contributed by atoms with E-state index in [9.17, 15) is 23.9 Å². The van der Waals surface area contributed by atoms with Crippen LogP contribution in [0.3, 0.4) is 0 Å². The Bertz CT molecular complexity index is 2230. The van der Waals surface area contributed by atoms with Crippen LogP contribution in [0, 0.1) is 39.0 Å². The maximum absolute atomic E-state index is 15.2. The number of hydrogen-bond donors (Lipinski definition) is 2. The van der Waals surface area contributed by atoms with Gasteiger partial charge in [-0.2, -0.15) is 5.01 Å². The van der Waals surface area contributed by atoms with Crippen molar-refractivity contribution in [2.24, 2.45) is 29.6 Å². The third-order valence-electron chi connectivity index (χ3n) is 11.1. The normalized spacial score (nSPS) is 26.4. The highest BCUT2D eigenvalue weighted by Gasteiger charge is 2.69. The molecule has 8 rings (SSSR count). The molecule has 0 aromatic heterocycles. The molecule has 4 aliphatic rings. The zero-order valence-corrected chi connectivity index (χ0v) is 31.1. The molecular weight excluding hydrogens is 812 g/mol. The van der Waals surface area contributed by atoms with Crippen molar-refractivity contribution >= 4 is 75.3 Å². The lowest BCUT2D eigenvalue weighted by molar-refractivity contribution is -0.139. The predicted molar refractivity (Wildman–Crippen MR) is 205 cm³/mol. The maximum Gasteiger partial charge on any atom is 0.260 e. The number of aromatic hydroxyl groups is 1. The van der Waals surface area contributed by atoms with Gasteiger partial charge in [0, 0.05) is 14.5 Å². The summed E-state index contributed by atoms with van der Waals surface area (Å²) >= 11 is 8.53. The zero-order valence-electron chi connectivity index (χ0n) is 28.2. The molecule has 4 aromatic carbocycles. The number of anilines is 2. The molecular formula is C41H32ClFIN3O6. The van der Waals surface area contributed by atoms with Gasteiger partial charge in [-0.15, -0.1) is 0 Å². The van der Waals surface area contributed by atoms with Crippen molar-refractivity contribution in [3.63, 3.8) is 0 Å². The standard InChI is InChI=1S/C41H32ClFIN3O6/c1-53-35-20-22(3-19-34(35)48)2-18-32-29-16-17-30-36(39(51)46(37(30)49)28-14-10-26(44)11-15-28)31(29)21-33-38(50)47(45-27-12-8-25(43)9-13-27)40(52)41(32,33)23-4-6-24(42)7-5-23/h2-16,18-20,30-33,36,45,48H,17,21H2,1H3. The molecule has 3 fully saturated rings. The predicted octanol–water partition coefficient (Wildman–Crippen LogP) is 7.53. The van der Waals surface area contributed by atoms with Crippen LogP contribution in [0.25, 0.3) is 6.08 Å². The Hall–Kier alpha value is -5.01. The van der Waals surface area contributed by atoms with Gasteiger partial charge in [-0.25, -0.2) is 4.39 Å². The number of hydrazine groups is 1. The summed E-state index contributed by atoms with van der Waals surface area (Å²) in [5, 5.41) is 11.7. The van der Waals surface area contributed by atoms with E-state index >= 15 is 4.79 Å². The minimum Gasteiger partial charge on any atom is -0.504 e. The molecule has 2 aliphatic carbocycles. The van der Waals surface area contributed by atoms with Gasteiger partial charge in [-0.05, 0) is 125 Å². The minimum atomic E-state index is -1.50. The molecule has 2 heterocycles. The summed E-state index contributed by atoms with van der Waals surface area (Å²) in [7, 11) is 1.45. The maximum atomic E-state index is 15.2. The van der Waals surface area contributed by atoms with Gasteiger partial charge in [0.25, 0.3) is 11.8 Å². The van der Waals surface area contributed by atoms with E-state index in [0.717, 1.165) is 14.2 Å². The van der Waals surface area contributed by atoms with E-state index in [2.05, 4.69) is 28.0 Å². The van der Waals surface area contributed by atoms with Crippen molar-refractivity contribution in [3.8, 4) is 11.5 Å². The van der Waals surface area contributed by atoms with E-state index in [1.165, 1.54) is 42.3 Å². The molecule has 268 valence electrons. The molecule has 6 unspecified atom stereocenters. The van der Waals surface area contributed by atoms with Gasteiger partial charge in [0.1, 0.15) is 5.82 Å². The lowest BCUT2D eigenvalue weighted by Gasteiger charge is -2.49. The number of carbonyl (C=O) groups is 4. The minimum absolute atomic E-state index is 0.0396. The first-order valence-electron chi connectivity index (χ1n) is 17.1. The fraction of sp³-hybridized carbons (Fsp3) is 0.220. The monoisotopic (exact) mass is 843 g/mol. The number of fused-ring (bicyclic) bond motifs is 4. The number of amides is 4. The van der Waals surface area contributed by atoms with Crippen LogP contribution in [0.2, 0.25) is 5.02 Å². The molecule has 0 spiro atoms. The summed E-state index contributed by atoms with van der Waals surface area (Å²) in [6.45, 7) is 0. The average molecular weight is 844 g/mol. The van der Waals surface area contributed by atoms with Gasteiger partial charge in [0.05, 0.1) is 41.7 Å². The third-order valence-corrected chi connectivity index (χ3v) is 12.1. The lowest BCUT2D eigenvalue weighted by atomic mass is 9.50. The van der Waals surface area contributed by atoms with Crippen LogP contribution in [0.4, 0.5) is 15.8 Å². The number of phenols is 1. The lowest BCUT2D eigenvalue weighted by Crippen LogP contribution is -2.54. The molecule has 2 aliphatic heterocycles. The summed E-state index contributed by atoms with van der Waals surface area (Å²) < 4.78 is 20.2. The van der Waals surface area contributed by atoms with Crippen molar-refractivity contribution in [3.05, 3.63) is 134 Å². The van der Waals surface area contributed by atoms with E-state index in [0.29, 0.717) is 27.5 Å². The van der Waals surface area contributed by atoms with Crippen LogP contribution in [-0.2, 0) is 24.6 Å². The number of methoxy groups -OCH3 is 1. The van der Waals surface area contributed by atoms with Crippen molar-refractivity contribution in [1.82, 2.24) is 5.01 Å². The van der Waals surface area contributed by atoms with Crippen molar-refractivity contribution in [2.45, 2.75) is 18.3 Å². The molecule has 1 saturated carbocycles. The Morgan fingerprint density at radius 3 is 2.34 bits per heavy atom. The molecule has 9 nitrogen and oxygen atoms in total. The summed E-state index contributed by atoms with van der Waals surface area (Å²) in [5.74, 6) is -5.57. The summed E-state index contributed by atoms with van der Waals surface area (Å²) in [6.07, 6.45) is 6.06. The second-order valence-electron chi connectivity index (χ2n) is 13.7. The molecule has 2 saturated heterocycles. The van der Waals surface area contributed by atoms with Crippen LogP contribution in [0.15, 0.2) is 109 Å². The van der Waals surface area contributed by atoms with E-state index < -0.39 is 52.6 Å². The van der Waals surface area contributed by atoms with Crippen molar-refractivity contribution in [2.75, 3.05) is 17.4 Å². The van der Waals surface area contributed by atoms with Gasteiger partial charge in [-0.1, -0.05) is 53.6 Å². The molecule has 4 amide bonds. The largest absolute Gasteiger partial charge is 0.504 e. The Balaban J connectivity index is 1.30. The first-order valence-corrected chi connectivity index (χ1v) is 18.5. The number of benzene rings is 4. The zero-order chi connectivity index (χ0) is 37.2. The topological polar surface area (TPSA) is 116 Å².